The quantitative estimate of drug-likeness (QED) is 0.220. The molecule has 3 N–H and O–H groups in total. The Morgan fingerprint density at radius 3 is 2.21 bits per heavy atom. The number of benzene rings is 1. The second kappa shape index (κ2) is 14.6. The van der Waals surface area contributed by atoms with E-state index in [1.165, 1.54) is 50.5 Å². The standard InChI is InChI=1S/C25H37F3N2O3.ClH/c1-2-3-4-5-6-7-8-9-19-10-12-20(13-11-19)17-29-21-14-15-24(16-21,23(32)33)22(31)30-18-25(26,27)28;/h10-13,21,29H,2-9,14-18H2,1H3,(H,30,31)(H,32,33);1H. The Bertz CT molecular complexity index is 759. The van der Waals surface area contributed by atoms with Gasteiger partial charge in [-0.2, -0.15) is 13.2 Å². The van der Waals surface area contributed by atoms with E-state index in [9.17, 15) is 27.9 Å². The second-order valence-electron chi connectivity index (χ2n) is 9.19. The van der Waals surface area contributed by atoms with Gasteiger partial charge in [-0.3, -0.25) is 9.59 Å². The number of hydrogen-bond acceptors (Lipinski definition) is 3. The molecule has 0 bridgehead atoms. The number of nitrogens with one attached hydrogen (secondary N) is 2. The topological polar surface area (TPSA) is 78.4 Å². The third kappa shape index (κ3) is 9.82. The van der Waals surface area contributed by atoms with Crippen molar-refractivity contribution in [2.24, 2.45) is 5.41 Å². The van der Waals surface area contributed by atoms with Crippen LogP contribution in [-0.4, -0.2) is 35.7 Å². The van der Waals surface area contributed by atoms with Crippen LogP contribution in [0.4, 0.5) is 13.2 Å². The normalized spacial score (nSPS) is 20.1. The highest BCUT2D eigenvalue weighted by Crippen LogP contribution is 2.39. The summed E-state index contributed by atoms with van der Waals surface area (Å²) in [6.07, 6.45) is 5.82. The fourth-order valence-corrected chi connectivity index (χ4v) is 4.44. The van der Waals surface area contributed by atoms with Crippen LogP contribution in [0.2, 0.25) is 0 Å². The van der Waals surface area contributed by atoms with Gasteiger partial charge in [0.1, 0.15) is 12.0 Å². The molecule has 194 valence electrons. The molecule has 1 aromatic rings. The molecule has 1 aromatic carbocycles. The number of aryl methyl sites for hydroxylation is 1. The van der Waals surface area contributed by atoms with E-state index in [0.29, 0.717) is 13.0 Å². The van der Waals surface area contributed by atoms with E-state index >= 15 is 0 Å². The van der Waals surface area contributed by atoms with Gasteiger partial charge in [-0.1, -0.05) is 69.7 Å². The Labute approximate surface area is 206 Å². The van der Waals surface area contributed by atoms with E-state index < -0.39 is 30.0 Å². The summed E-state index contributed by atoms with van der Waals surface area (Å²) in [6.45, 7) is 1.21. The summed E-state index contributed by atoms with van der Waals surface area (Å²) in [6, 6.07) is 8.05. The third-order valence-corrected chi connectivity index (χ3v) is 6.49. The molecule has 1 saturated carbocycles. The van der Waals surface area contributed by atoms with Crippen LogP contribution in [0.3, 0.4) is 0 Å². The average molecular weight is 507 g/mol. The number of alkyl halides is 3. The van der Waals surface area contributed by atoms with E-state index in [0.717, 1.165) is 12.0 Å². The molecule has 5 nitrogen and oxygen atoms in total. The number of halogens is 4. The summed E-state index contributed by atoms with van der Waals surface area (Å²) >= 11 is 0. The van der Waals surface area contributed by atoms with Gasteiger partial charge in [0.05, 0.1) is 0 Å². The minimum atomic E-state index is -4.58. The molecule has 0 radical (unpaired) electrons. The summed E-state index contributed by atoms with van der Waals surface area (Å²) < 4.78 is 37.2. The van der Waals surface area contributed by atoms with Crippen molar-refractivity contribution in [1.29, 1.82) is 0 Å². The zero-order valence-corrected chi connectivity index (χ0v) is 20.7. The molecule has 1 fully saturated rings. The maximum Gasteiger partial charge on any atom is 0.405 e. The van der Waals surface area contributed by atoms with Gasteiger partial charge in [-0.05, 0) is 43.2 Å². The van der Waals surface area contributed by atoms with E-state index in [4.69, 9.17) is 0 Å². The van der Waals surface area contributed by atoms with Gasteiger partial charge in [0.25, 0.3) is 0 Å². The Morgan fingerprint density at radius 2 is 1.62 bits per heavy atom. The highest BCUT2D eigenvalue weighted by atomic mass is 35.5. The summed E-state index contributed by atoms with van der Waals surface area (Å²) in [4.78, 5) is 24.0. The van der Waals surface area contributed by atoms with Crippen molar-refractivity contribution in [2.45, 2.75) is 96.3 Å². The van der Waals surface area contributed by atoms with E-state index in [1.807, 2.05) is 12.1 Å². The first-order valence-corrected chi connectivity index (χ1v) is 12.1. The maximum absolute atomic E-state index is 12.4. The van der Waals surface area contributed by atoms with E-state index in [1.54, 1.807) is 5.32 Å². The van der Waals surface area contributed by atoms with Crippen molar-refractivity contribution in [2.75, 3.05) is 6.54 Å². The maximum atomic E-state index is 12.4. The van der Waals surface area contributed by atoms with E-state index in [-0.39, 0.29) is 31.3 Å². The molecular formula is C25H38ClF3N2O3. The van der Waals surface area contributed by atoms with Crippen LogP contribution in [-0.2, 0) is 22.6 Å². The van der Waals surface area contributed by atoms with Crippen LogP contribution in [0.15, 0.2) is 24.3 Å². The van der Waals surface area contributed by atoms with Gasteiger partial charge in [-0.15, -0.1) is 12.4 Å². The molecular weight excluding hydrogens is 469 g/mol. The van der Waals surface area contributed by atoms with Crippen LogP contribution < -0.4 is 10.6 Å². The van der Waals surface area contributed by atoms with Gasteiger partial charge in [0.15, 0.2) is 0 Å². The first-order valence-electron chi connectivity index (χ1n) is 12.1. The fourth-order valence-electron chi connectivity index (χ4n) is 4.44. The summed E-state index contributed by atoms with van der Waals surface area (Å²) in [5.74, 6) is -2.44. The van der Waals surface area contributed by atoms with Crippen LogP contribution in [0.5, 0.6) is 0 Å². The van der Waals surface area contributed by atoms with Crippen LogP contribution in [0.25, 0.3) is 0 Å². The van der Waals surface area contributed by atoms with Crippen molar-refractivity contribution in [3.63, 3.8) is 0 Å². The minimum Gasteiger partial charge on any atom is -0.480 e. The monoisotopic (exact) mass is 506 g/mol. The SMILES string of the molecule is CCCCCCCCCc1ccc(CNC2CCC(C(=O)O)(C(=O)NCC(F)(F)F)C2)cc1.Cl. The lowest BCUT2D eigenvalue weighted by Crippen LogP contribution is -2.48. The van der Waals surface area contributed by atoms with Crippen molar-refractivity contribution in [1.82, 2.24) is 10.6 Å². The Hall–Kier alpha value is -1.80. The highest BCUT2D eigenvalue weighted by Gasteiger charge is 2.52. The molecule has 9 heteroatoms. The van der Waals surface area contributed by atoms with Crippen LogP contribution in [0.1, 0.15) is 82.3 Å². The molecule has 2 unspecified atom stereocenters. The molecule has 0 heterocycles. The largest absolute Gasteiger partial charge is 0.480 e. The number of carbonyl (C=O) groups is 2. The molecule has 34 heavy (non-hydrogen) atoms. The van der Waals surface area contributed by atoms with Crippen molar-refractivity contribution < 1.29 is 27.9 Å². The number of carbonyl (C=O) groups excluding carboxylic acids is 1. The van der Waals surface area contributed by atoms with Crippen LogP contribution in [0, 0.1) is 5.41 Å². The lowest BCUT2D eigenvalue weighted by Gasteiger charge is -2.24. The Kier molecular flexibility index (Phi) is 13.0. The molecule has 1 aliphatic carbocycles. The van der Waals surface area contributed by atoms with Gasteiger partial charge >= 0.3 is 12.1 Å². The average Bonchev–Trinajstić information content (AvgIpc) is 3.21. The van der Waals surface area contributed by atoms with Crippen molar-refractivity contribution in [3.05, 3.63) is 35.4 Å². The third-order valence-electron chi connectivity index (χ3n) is 6.49. The van der Waals surface area contributed by atoms with Gasteiger partial charge in [0, 0.05) is 12.6 Å². The first kappa shape index (κ1) is 30.2. The lowest BCUT2D eigenvalue weighted by atomic mass is 9.85. The molecule has 1 aliphatic rings. The Morgan fingerprint density at radius 1 is 1.03 bits per heavy atom. The zero-order valence-electron chi connectivity index (χ0n) is 19.9. The number of carboxylic acids is 1. The number of amides is 1. The summed E-state index contributed by atoms with van der Waals surface area (Å²) in [7, 11) is 0. The van der Waals surface area contributed by atoms with Crippen molar-refractivity contribution >= 4 is 24.3 Å². The molecule has 2 rings (SSSR count). The predicted molar refractivity (Wildman–Crippen MR) is 129 cm³/mol. The molecule has 2 atom stereocenters. The number of aliphatic carboxylic acids is 1. The second-order valence-corrected chi connectivity index (χ2v) is 9.19. The van der Waals surface area contributed by atoms with Gasteiger partial charge in [0.2, 0.25) is 5.91 Å². The lowest BCUT2D eigenvalue weighted by molar-refractivity contribution is -0.159. The molecule has 0 spiro atoms. The zero-order chi connectivity index (χ0) is 24.3. The minimum absolute atomic E-state index is 0. The fraction of sp³-hybridized carbons (Fsp3) is 0.680. The number of hydrogen-bond donors (Lipinski definition) is 3. The molecule has 0 saturated heterocycles. The predicted octanol–water partition coefficient (Wildman–Crippen LogP) is 5.79. The highest BCUT2D eigenvalue weighted by molar-refractivity contribution is 6.02. The van der Waals surface area contributed by atoms with E-state index in [2.05, 4.69) is 24.4 Å². The Balaban J connectivity index is 0.00000578. The van der Waals surface area contributed by atoms with Crippen LogP contribution >= 0.6 is 12.4 Å². The molecule has 0 aromatic heterocycles. The number of unbranched alkanes of at least 4 members (excludes halogenated alkanes) is 6. The molecule has 1 amide bonds. The van der Waals surface area contributed by atoms with Gasteiger partial charge < -0.3 is 15.7 Å². The number of carboxylic acid groups (broad SMARTS) is 1. The summed E-state index contributed by atoms with van der Waals surface area (Å²) in [5, 5.41) is 14.6. The van der Waals surface area contributed by atoms with Crippen molar-refractivity contribution in [3.8, 4) is 0 Å². The molecule has 0 aliphatic heterocycles. The summed E-state index contributed by atoms with van der Waals surface area (Å²) in [5.41, 5.74) is 0.524. The number of rotatable bonds is 14. The smallest absolute Gasteiger partial charge is 0.405 e. The van der Waals surface area contributed by atoms with Gasteiger partial charge in [-0.25, -0.2) is 0 Å². The first-order chi connectivity index (χ1) is 15.7.